The fourth-order valence-corrected chi connectivity index (χ4v) is 7.80. The molecule has 0 bridgehead atoms. The normalized spacial score (nSPS) is 30.1. The van der Waals surface area contributed by atoms with Crippen molar-refractivity contribution in [1.29, 1.82) is 0 Å². The van der Waals surface area contributed by atoms with Gasteiger partial charge in [0, 0.05) is 28.6 Å². The van der Waals surface area contributed by atoms with Gasteiger partial charge in [-0.25, -0.2) is 0 Å². The predicted octanol–water partition coefficient (Wildman–Crippen LogP) is 6.22. The number of ketones is 1. The van der Waals surface area contributed by atoms with Crippen molar-refractivity contribution in [3.8, 4) is 0 Å². The number of allylic oxidation sites excluding steroid dienone is 3. The predicted molar refractivity (Wildman–Crippen MR) is 143 cm³/mol. The van der Waals surface area contributed by atoms with Gasteiger partial charge in [-0.1, -0.05) is 95.8 Å². The Bertz CT molecular complexity index is 1060. The van der Waals surface area contributed by atoms with E-state index in [0.717, 1.165) is 11.1 Å². The first-order chi connectivity index (χ1) is 16.4. The summed E-state index contributed by atoms with van der Waals surface area (Å²) in [7, 11) is 0. The van der Waals surface area contributed by atoms with Crippen LogP contribution in [0, 0.1) is 28.1 Å². The number of hydrogen-bond donors (Lipinski definition) is 1. The molecule has 0 saturated heterocycles. The molecule has 5 atom stereocenters. The summed E-state index contributed by atoms with van der Waals surface area (Å²) in [6, 6.07) is 9.75. The zero-order valence-corrected chi connectivity index (χ0v) is 22.5. The minimum Gasteiger partial charge on any atom is -0.491 e. The fourth-order valence-electron chi connectivity index (χ4n) is 6.71. The molecule has 1 aliphatic heterocycles. The van der Waals surface area contributed by atoms with Gasteiger partial charge in [0.2, 0.25) is 5.12 Å². The van der Waals surface area contributed by atoms with Gasteiger partial charge in [0.25, 0.3) is 0 Å². The number of carbonyl (C=O) groups excluding carboxylic acids is 2. The summed E-state index contributed by atoms with van der Waals surface area (Å²) in [5, 5.41) is 10.6. The van der Waals surface area contributed by atoms with Crippen molar-refractivity contribution in [2.24, 2.45) is 28.1 Å². The van der Waals surface area contributed by atoms with E-state index in [0.29, 0.717) is 24.5 Å². The van der Waals surface area contributed by atoms with E-state index in [9.17, 15) is 14.7 Å². The van der Waals surface area contributed by atoms with E-state index in [1.807, 2.05) is 48.6 Å². The van der Waals surface area contributed by atoms with Crippen LogP contribution in [0.4, 0.5) is 0 Å². The number of carbonyl (C=O) groups is 2. The summed E-state index contributed by atoms with van der Waals surface area (Å²) in [5.41, 5.74) is 1.20. The van der Waals surface area contributed by atoms with Gasteiger partial charge in [-0.3, -0.25) is 9.59 Å². The average Bonchev–Trinajstić information content (AvgIpc) is 3.28. The number of Topliss-reactive ketones (excluding diaryl/α,β-unsaturated/α-hetero) is 1. The number of fused-ring (bicyclic) bond motifs is 1. The molecule has 4 rings (SSSR count). The maximum absolute atomic E-state index is 13.3. The number of aliphatic hydroxyl groups excluding tert-OH is 1. The molecule has 5 unspecified atom stereocenters. The molecule has 188 valence electrons. The molecular formula is C30H38O4S. The average molecular weight is 495 g/mol. The zero-order valence-electron chi connectivity index (χ0n) is 21.7. The van der Waals surface area contributed by atoms with Gasteiger partial charge in [0.05, 0.1) is 6.10 Å². The Morgan fingerprint density at radius 3 is 2.43 bits per heavy atom. The molecule has 4 nitrogen and oxygen atoms in total. The van der Waals surface area contributed by atoms with Gasteiger partial charge in [-0.05, 0) is 40.9 Å². The number of ether oxygens (including phenoxy) is 1. The molecule has 35 heavy (non-hydrogen) atoms. The lowest BCUT2D eigenvalue weighted by Gasteiger charge is -2.34. The standard InChI is InChI=1S/C30H38O4S/c1-19-29(5,6)30(19,28(2,3)4)26(32)15-13-22(31)18-34-23-14-12-21-16-24(20-10-8-7-9-11-20)27(33)35-25(21)17-23/h7-12,14,16-17,19,21-22,25,31H,13,15,18H2,1-6H3. The Morgan fingerprint density at radius 1 is 1.17 bits per heavy atom. The molecule has 1 fully saturated rings. The smallest absolute Gasteiger partial charge is 0.220 e. The molecule has 1 heterocycles. The first-order valence-electron chi connectivity index (χ1n) is 12.6. The second-order valence-electron chi connectivity index (χ2n) is 11.7. The van der Waals surface area contributed by atoms with E-state index in [-0.39, 0.29) is 44.9 Å². The number of aliphatic hydroxyl groups is 1. The second kappa shape index (κ2) is 9.40. The van der Waals surface area contributed by atoms with Crippen LogP contribution in [0.1, 0.15) is 59.9 Å². The van der Waals surface area contributed by atoms with Crippen LogP contribution in [0.25, 0.3) is 5.57 Å². The van der Waals surface area contributed by atoms with E-state index in [2.05, 4.69) is 47.6 Å². The molecule has 1 saturated carbocycles. The number of rotatable bonds is 8. The third kappa shape index (κ3) is 4.58. The molecule has 0 amide bonds. The summed E-state index contributed by atoms with van der Waals surface area (Å²) in [6.45, 7) is 13.1. The summed E-state index contributed by atoms with van der Waals surface area (Å²) >= 11 is 1.32. The van der Waals surface area contributed by atoms with Gasteiger partial charge < -0.3 is 9.84 Å². The Hall–Kier alpha value is -2.11. The van der Waals surface area contributed by atoms with Crippen LogP contribution in [-0.2, 0) is 14.3 Å². The molecule has 5 heteroatoms. The molecule has 0 spiro atoms. The largest absolute Gasteiger partial charge is 0.491 e. The highest BCUT2D eigenvalue weighted by Gasteiger charge is 2.76. The van der Waals surface area contributed by atoms with Crippen molar-refractivity contribution in [1.82, 2.24) is 0 Å². The third-order valence-corrected chi connectivity index (χ3v) is 9.69. The van der Waals surface area contributed by atoms with Crippen LogP contribution in [0.3, 0.4) is 0 Å². The van der Waals surface area contributed by atoms with Crippen molar-refractivity contribution in [3.63, 3.8) is 0 Å². The molecule has 0 radical (unpaired) electrons. The number of thioether (sulfide) groups is 1. The Morgan fingerprint density at radius 2 is 1.83 bits per heavy atom. The number of benzene rings is 1. The Labute approximate surface area is 213 Å². The lowest BCUT2D eigenvalue weighted by Crippen LogP contribution is -2.36. The van der Waals surface area contributed by atoms with E-state index in [1.54, 1.807) is 0 Å². The highest BCUT2D eigenvalue weighted by Crippen LogP contribution is 2.76. The lowest BCUT2D eigenvalue weighted by molar-refractivity contribution is -0.131. The molecule has 2 aliphatic carbocycles. The zero-order chi connectivity index (χ0) is 25.6. The van der Waals surface area contributed by atoms with Crippen molar-refractivity contribution in [2.45, 2.75) is 65.7 Å². The van der Waals surface area contributed by atoms with Crippen molar-refractivity contribution in [3.05, 3.63) is 66.0 Å². The monoisotopic (exact) mass is 494 g/mol. The maximum Gasteiger partial charge on any atom is 0.220 e. The van der Waals surface area contributed by atoms with Crippen molar-refractivity contribution < 1.29 is 19.4 Å². The molecular weight excluding hydrogens is 456 g/mol. The Kier molecular flexibility index (Phi) is 6.98. The summed E-state index contributed by atoms with van der Waals surface area (Å²) in [5.74, 6) is 1.37. The highest BCUT2D eigenvalue weighted by atomic mass is 32.2. The van der Waals surface area contributed by atoms with Gasteiger partial charge >= 0.3 is 0 Å². The van der Waals surface area contributed by atoms with Crippen molar-refractivity contribution in [2.75, 3.05) is 6.61 Å². The van der Waals surface area contributed by atoms with Crippen LogP contribution >= 0.6 is 11.8 Å². The minimum absolute atomic E-state index is 0.0149. The van der Waals surface area contributed by atoms with Gasteiger partial charge in [-0.2, -0.15) is 0 Å². The second-order valence-corrected chi connectivity index (χ2v) is 12.9. The van der Waals surface area contributed by atoms with Crippen LogP contribution < -0.4 is 0 Å². The molecule has 0 aromatic heterocycles. The topological polar surface area (TPSA) is 63.6 Å². The molecule has 3 aliphatic rings. The van der Waals surface area contributed by atoms with Crippen molar-refractivity contribution >= 4 is 28.2 Å². The van der Waals surface area contributed by atoms with Crippen LogP contribution in [0.5, 0.6) is 0 Å². The minimum atomic E-state index is -0.717. The first kappa shape index (κ1) is 26.0. The Balaban J connectivity index is 1.31. The molecule has 1 aromatic rings. The molecule has 1 N–H and O–H groups in total. The quantitative estimate of drug-likeness (QED) is 0.465. The van der Waals surface area contributed by atoms with Crippen LogP contribution in [0.2, 0.25) is 0 Å². The van der Waals surface area contributed by atoms with E-state index in [1.165, 1.54) is 11.8 Å². The van der Waals surface area contributed by atoms with Gasteiger partial charge in [0.15, 0.2) is 0 Å². The fraction of sp³-hybridized carbons (Fsp3) is 0.533. The summed E-state index contributed by atoms with van der Waals surface area (Å²) in [6.07, 6.45) is 8.00. The van der Waals surface area contributed by atoms with Crippen LogP contribution in [0.15, 0.2) is 60.4 Å². The maximum atomic E-state index is 13.3. The van der Waals surface area contributed by atoms with E-state index in [4.69, 9.17) is 4.74 Å². The van der Waals surface area contributed by atoms with Gasteiger partial charge in [-0.15, -0.1) is 0 Å². The SMILES string of the molecule is CC1C(C)(C)C1(C(=O)CCC(O)COC1=CC2SC(=O)C(c3ccccc3)=CC2C=C1)C(C)(C)C. The first-order valence-corrected chi connectivity index (χ1v) is 13.5. The van der Waals surface area contributed by atoms with Crippen LogP contribution in [-0.4, -0.2) is 34.0 Å². The van der Waals surface area contributed by atoms with E-state index >= 15 is 0 Å². The molecule has 1 aromatic carbocycles. The summed E-state index contributed by atoms with van der Waals surface area (Å²) < 4.78 is 5.87. The van der Waals surface area contributed by atoms with Gasteiger partial charge in [0.1, 0.15) is 18.1 Å². The third-order valence-electron chi connectivity index (χ3n) is 8.53. The number of hydrogen-bond acceptors (Lipinski definition) is 5. The highest BCUT2D eigenvalue weighted by molar-refractivity contribution is 8.15. The summed E-state index contributed by atoms with van der Waals surface area (Å²) in [4.78, 5) is 26.0. The lowest BCUT2D eigenvalue weighted by atomic mass is 9.69. The van der Waals surface area contributed by atoms with E-state index < -0.39 is 6.10 Å².